The van der Waals surface area contributed by atoms with Crippen molar-refractivity contribution >= 4 is 11.9 Å². The number of hydrogen-bond donors (Lipinski definition) is 2. The maximum absolute atomic E-state index is 12.7. The van der Waals surface area contributed by atoms with Crippen molar-refractivity contribution in [2.45, 2.75) is 39.0 Å². The normalized spacial score (nSPS) is 26.4. The molecule has 2 rings (SSSR count). The number of piperidine rings is 1. The van der Waals surface area contributed by atoms with Crippen molar-refractivity contribution in [3.05, 3.63) is 0 Å². The predicted molar refractivity (Wildman–Crippen MR) is 71.8 cm³/mol. The molecule has 0 bridgehead atoms. The van der Waals surface area contributed by atoms with E-state index in [1.807, 2.05) is 4.90 Å². The zero-order chi connectivity index (χ0) is 13.9. The van der Waals surface area contributed by atoms with Gasteiger partial charge in [-0.3, -0.25) is 9.59 Å². The molecule has 1 atom stereocenters. The fraction of sp³-hybridized carbons (Fsp3) is 0.857. The monoisotopic (exact) mass is 268 g/mol. The number of hydrogen-bond acceptors (Lipinski definition) is 3. The number of likely N-dealkylation sites (tertiary alicyclic amines) is 1. The van der Waals surface area contributed by atoms with Crippen molar-refractivity contribution in [3.63, 3.8) is 0 Å². The fourth-order valence-electron chi connectivity index (χ4n) is 3.39. The predicted octanol–water partition coefficient (Wildman–Crippen LogP) is 1.09. The minimum Gasteiger partial charge on any atom is -0.481 e. The van der Waals surface area contributed by atoms with Crippen LogP contribution in [0.3, 0.4) is 0 Å². The molecule has 2 N–H and O–H groups in total. The van der Waals surface area contributed by atoms with E-state index in [9.17, 15) is 9.59 Å². The van der Waals surface area contributed by atoms with Crippen LogP contribution in [-0.2, 0) is 9.59 Å². The van der Waals surface area contributed by atoms with Crippen LogP contribution in [0.15, 0.2) is 0 Å². The number of aliphatic carboxylic acids is 1. The Morgan fingerprint density at radius 1 is 1.37 bits per heavy atom. The average molecular weight is 268 g/mol. The summed E-state index contributed by atoms with van der Waals surface area (Å²) in [6, 6.07) is 0. The Kier molecular flexibility index (Phi) is 4.45. The first-order chi connectivity index (χ1) is 9.07. The summed E-state index contributed by atoms with van der Waals surface area (Å²) >= 11 is 0. The molecule has 1 unspecified atom stereocenters. The van der Waals surface area contributed by atoms with Crippen LogP contribution in [-0.4, -0.2) is 48.1 Å². The number of nitrogens with one attached hydrogen (secondary N) is 1. The molecule has 2 saturated heterocycles. The highest BCUT2D eigenvalue weighted by Crippen LogP contribution is 2.36. The van der Waals surface area contributed by atoms with Gasteiger partial charge in [0.05, 0.1) is 5.41 Å². The molecule has 2 aliphatic heterocycles. The van der Waals surface area contributed by atoms with Crippen molar-refractivity contribution in [3.8, 4) is 0 Å². The molecule has 0 aromatic rings. The number of carboxylic acid groups (broad SMARTS) is 1. The second-order valence-corrected chi connectivity index (χ2v) is 5.89. The molecular formula is C14H24N2O3. The lowest BCUT2D eigenvalue weighted by Gasteiger charge is -2.38. The van der Waals surface area contributed by atoms with E-state index in [0.29, 0.717) is 6.54 Å². The van der Waals surface area contributed by atoms with Crippen LogP contribution in [0.2, 0.25) is 0 Å². The van der Waals surface area contributed by atoms with Crippen molar-refractivity contribution in [1.29, 1.82) is 0 Å². The zero-order valence-corrected chi connectivity index (χ0v) is 11.7. The lowest BCUT2D eigenvalue weighted by atomic mass is 9.75. The molecule has 0 spiro atoms. The third kappa shape index (κ3) is 3.08. The van der Waals surface area contributed by atoms with E-state index < -0.39 is 5.97 Å². The van der Waals surface area contributed by atoms with E-state index in [0.717, 1.165) is 45.3 Å². The van der Waals surface area contributed by atoms with Gasteiger partial charge >= 0.3 is 5.97 Å². The quantitative estimate of drug-likeness (QED) is 0.801. The highest BCUT2D eigenvalue weighted by molar-refractivity contribution is 5.83. The first-order valence-electron chi connectivity index (χ1n) is 7.29. The third-order valence-electron chi connectivity index (χ3n) is 4.73. The van der Waals surface area contributed by atoms with Gasteiger partial charge < -0.3 is 15.3 Å². The van der Waals surface area contributed by atoms with E-state index in [2.05, 4.69) is 12.2 Å². The number of rotatable bonds is 4. The summed E-state index contributed by atoms with van der Waals surface area (Å²) in [6.07, 6.45) is 3.71. The van der Waals surface area contributed by atoms with Crippen LogP contribution >= 0.6 is 0 Å². The fourth-order valence-corrected chi connectivity index (χ4v) is 3.39. The summed E-state index contributed by atoms with van der Waals surface area (Å²) in [4.78, 5) is 25.4. The van der Waals surface area contributed by atoms with E-state index in [1.165, 1.54) is 0 Å². The van der Waals surface area contributed by atoms with Gasteiger partial charge in [0.2, 0.25) is 5.91 Å². The topological polar surface area (TPSA) is 69.6 Å². The molecule has 2 fully saturated rings. The molecule has 108 valence electrons. The van der Waals surface area contributed by atoms with Crippen LogP contribution in [0, 0.1) is 11.3 Å². The van der Waals surface area contributed by atoms with Crippen LogP contribution in [0.1, 0.15) is 39.0 Å². The van der Waals surface area contributed by atoms with Gasteiger partial charge in [-0.05, 0) is 44.7 Å². The van der Waals surface area contributed by atoms with Crippen molar-refractivity contribution in [2.24, 2.45) is 11.3 Å². The summed E-state index contributed by atoms with van der Waals surface area (Å²) in [5.74, 6) is -0.368. The molecule has 19 heavy (non-hydrogen) atoms. The Labute approximate surface area is 114 Å². The van der Waals surface area contributed by atoms with E-state index >= 15 is 0 Å². The van der Waals surface area contributed by atoms with Gasteiger partial charge in [-0.2, -0.15) is 0 Å². The molecule has 1 amide bonds. The van der Waals surface area contributed by atoms with Crippen molar-refractivity contribution in [2.75, 3.05) is 26.2 Å². The summed E-state index contributed by atoms with van der Waals surface area (Å²) in [6.45, 7) is 5.26. The molecule has 5 heteroatoms. The zero-order valence-electron chi connectivity index (χ0n) is 11.7. The summed E-state index contributed by atoms with van der Waals surface area (Å²) < 4.78 is 0. The SMILES string of the molecule is CCC1(C(=O)N2CCC(CC(=O)O)C2)CCNCC1. The smallest absolute Gasteiger partial charge is 0.303 e. The van der Waals surface area contributed by atoms with Gasteiger partial charge in [-0.25, -0.2) is 0 Å². The molecule has 2 aliphatic rings. The lowest BCUT2D eigenvalue weighted by molar-refractivity contribution is -0.144. The first kappa shape index (κ1) is 14.3. The lowest BCUT2D eigenvalue weighted by Crippen LogP contribution is -2.48. The maximum atomic E-state index is 12.7. The maximum Gasteiger partial charge on any atom is 0.303 e. The third-order valence-corrected chi connectivity index (χ3v) is 4.73. The number of carbonyl (C=O) groups is 2. The molecule has 0 aliphatic carbocycles. The Balaban J connectivity index is 1.97. The molecule has 5 nitrogen and oxygen atoms in total. The minimum atomic E-state index is -0.758. The summed E-state index contributed by atoms with van der Waals surface area (Å²) in [5.41, 5.74) is -0.205. The highest BCUT2D eigenvalue weighted by Gasteiger charge is 2.42. The van der Waals surface area contributed by atoms with Crippen LogP contribution in [0.25, 0.3) is 0 Å². The number of carboxylic acids is 1. The Bertz CT molecular complexity index is 351. The van der Waals surface area contributed by atoms with Gasteiger partial charge in [0.1, 0.15) is 0 Å². The van der Waals surface area contributed by atoms with Gasteiger partial charge in [0, 0.05) is 19.5 Å². The van der Waals surface area contributed by atoms with E-state index in [1.54, 1.807) is 0 Å². The van der Waals surface area contributed by atoms with E-state index in [4.69, 9.17) is 5.11 Å². The second-order valence-electron chi connectivity index (χ2n) is 5.89. The summed E-state index contributed by atoms with van der Waals surface area (Å²) in [7, 11) is 0. The van der Waals surface area contributed by atoms with Crippen LogP contribution in [0.5, 0.6) is 0 Å². The number of carbonyl (C=O) groups excluding carboxylic acids is 1. The highest BCUT2D eigenvalue weighted by atomic mass is 16.4. The van der Waals surface area contributed by atoms with Crippen molar-refractivity contribution < 1.29 is 14.7 Å². The van der Waals surface area contributed by atoms with Crippen LogP contribution < -0.4 is 5.32 Å². The molecule has 0 aromatic carbocycles. The molecule has 0 aromatic heterocycles. The first-order valence-corrected chi connectivity index (χ1v) is 7.29. The van der Waals surface area contributed by atoms with E-state index in [-0.39, 0.29) is 23.7 Å². The number of nitrogens with zero attached hydrogens (tertiary/aromatic N) is 1. The molecule has 2 heterocycles. The second kappa shape index (κ2) is 5.90. The minimum absolute atomic E-state index is 0.136. The van der Waals surface area contributed by atoms with Crippen LogP contribution in [0.4, 0.5) is 0 Å². The van der Waals surface area contributed by atoms with Gasteiger partial charge in [-0.1, -0.05) is 6.92 Å². The largest absolute Gasteiger partial charge is 0.481 e. The van der Waals surface area contributed by atoms with Gasteiger partial charge in [0.15, 0.2) is 0 Å². The Morgan fingerprint density at radius 3 is 2.63 bits per heavy atom. The molecule has 0 radical (unpaired) electrons. The molecular weight excluding hydrogens is 244 g/mol. The standard InChI is InChI=1S/C14H24N2O3/c1-2-14(4-6-15-7-5-14)13(19)16-8-3-11(10-16)9-12(17)18/h11,15H,2-10H2,1H3,(H,17,18). The molecule has 0 saturated carbocycles. The Hall–Kier alpha value is -1.10. The summed E-state index contributed by atoms with van der Waals surface area (Å²) in [5, 5.41) is 12.1. The van der Waals surface area contributed by atoms with Gasteiger partial charge in [0.25, 0.3) is 0 Å². The average Bonchev–Trinajstić information content (AvgIpc) is 2.86. The van der Waals surface area contributed by atoms with Gasteiger partial charge in [-0.15, -0.1) is 0 Å². The Morgan fingerprint density at radius 2 is 2.05 bits per heavy atom. The van der Waals surface area contributed by atoms with Crippen molar-refractivity contribution in [1.82, 2.24) is 10.2 Å². The number of amides is 1.